The van der Waals surface area contributed by atoms with Gasteiger partial charge in [-0.1, -0.05) is 206 Å². The minimum absolute atomic E-state index is 1.06. The fourth-order valence-corrected chi connectivity index (χ4v) is 11.4. The van der Waals surface area contributed by atoms with Crippen molar-refractivity contribution in [2.45, 2.75) is 0 Å². The Balaban J connectivity index is 1.16. The van der Waals surface area contributed by atoms with Gasteiger partial charge in [-0.25, -0.2) is 0 Å². The van der Waals surface area contributed by atoms with Crippen LogP contribution in [0.3, 0.4) is 0 Å². The summed E-state index contributed by atoms with van der Waals surface area (Å²) in [7, 11) is 0. The number of hydrogen-bond acceptors (Lipinski definition) is 2. The van der Waals surface area contributed by atoms with Crippen LogP contribution in [0, 0.1) is 0 Å². The second-order valence-corrected chi connectivity index (χ2v) is 18.9. The fraction of sp³-hybridized carbons (Fsp3) is 0. The van der Waals surface area contributed by atoms with E-state index in [0.717, 1.165) is 73.1 Å². The number of hydrogen-bond donors (Lipinski definition) is 0. The number of aromatic nitrogens is 1. The minimum Gasteiger partial charge on any atom is -0.310 e. The molecule has 3 nitrogen and oxygen atoms in total. The van der Waals surface area contributed by atoms with Gasteiger partial charge in [0, 0.05) is 55.9 Å². The van der Waals surface area contributed by atoms with Crippen molar-refractivity contribution >= 4 is 88.6 Å². The Kier molecular flexibility index (Phi) is 10.2. The van der Waals surface area contributed by atoms with Crippen molar-refractivity contribution in [3.8, 4) is 16.8 Å². The maximum absolute atomic E-state index is 2.59. The van der Waals surface area contributed by atoms with Crippen LogP contribution in [0.4, 0.5) is 34.1 Å². The van der Waals surface area contributed by atoms with E-state index < -0.39 is 0 Å². The van der Waals surface area contributed by atoms with Crippen molar-refractivity contribution in [3.63, 3.8) is 0 Å². The third-order valence-electron chi connectivity index (χ3n) is 14.6. The number of benzene rings is 12. The van der Waals surface area contributed by atoms with E-state index >= 15 is 0 Å². The first-order valence-electron chi connectivity index (χ1n) is 25.1. The van der Waals surface area contributed by atoms with Crippen molar-refractivity contribution < 1.29 is 0 Å². The smallest absolute Gasteiger partial charge is 0.0641 e. The summed E-state index contributed by atoms with van der Waals surface area (Å²) in [6.07, 6.45) is 0. The van der Waals surface area contributed by atoms with Gasteiger partial charge in [0.1, 0.15) is 0 Å². The summed E-state index contributed by atoms with van der Waals surface area (Å²) in [5.41, 5.74) is 19.2. The largest absolute Gasteiger partial charge is 0.310 e. The normalized spacial score (nSPS) is 12.1. The van der Waals surface area contributed by atoms with E-state index in [0.29, 0.717) is 0 Å². The zero-order valence-corrected chi connectivity index (χ0v) is 40.0. The molecular formula is C70H47N3. The lowest BCUT2D eigenvalue weighted by Gasteiger charge is -2.30. The number of anilines is 6. The first-order valence-corrected chi connectivity index (χ1v) is 25.1. The maximum atomic E-state index is 2.59. The Hall–Kier alpha value is -9.70. The van der Waals surface area contributed by atoms with Crippen molar-refractivity contribution in [1.29, 1.82) is 0 Å². The Morgan fingerprint density at radius 3 is 1.36 bits per heavy atom. The van der Waals surface area contributed by atoms with E-state index in [1.165, 1.54) is 54.6 Å². The number of fused-ring (bicyclic) bond motifs is 7. The summed E-state index contributed by atoms with van der Waals surface area (Å²) in [5.74, 6) is 0. The first kappa shape index (κ1) is 42.2. The fourth-order valence-electron chi connectivity index (χ4n) is 11.4. The molecule has 0 aliphatic carbocycles. The highest BCUT2D eigenvalue weighted by atomic mass is 15.2. The molecule has 0 bridgehead atoms. The third-order valence-corrected chi connectivity index (χ3v) is 14.6. The van der Waals surface area contributed by atoms with Crippen molar-refractivity contribution in [3.05, 3.63) is 307 Å². The van der Waals surface area contributed by atoms with Crippen LogP contribution in [-0.2, 0) is 0 Å². The van der Waals surface area contributed by atoms with Crippen LogP contribution in [0.25, 0.3) is 71.3 Å². The van der Waals surface area contributed by atoms with Gasteiger partial charge in [-0.3, -0.25) is 0 Å². The molecule has 0 unspecified atom stereocenters. The van der Waals surface area contributed by atoms with Crippen LogP contribution in [0.1, 0.15) is 22.3 Å². The molecule has 0 saturated heterocycles. The van der Waals surface area contributed by atoms with Gasteiger partial charge >= 0.3 is 0 Å². The standard InChI is InChI=1S/C70H47N3/c1-6-20-48(21-7-1)55-36-42-64-63(46-55)61-41-43-65(72(57-32-14-5-15-33-57)59-38-35-50-23-17-19-29-54(50)45-59)69-68(52-26-10-3-11-27-52)67(51-24-8-2-9-25-51)62-40-39-60(47-66(62)73(64)70(61)69)71(56-30-12-4-13-31-56)58-37-34-49-22-16-18-28-53(49)44-58/h1-47H. The van der Waals surface area contributed by atoms with Crippen LogP contribution < -0.4 is 9.80 Å². The van der Waals surface area contributed by atoms with Gasteiger partial charge in [0.25, 0.3) is 0 Å². The van der Waals surface area contributed by atoms with Gasteiger partial charge < -0.3 is 14.4 Å². The number of rotatable bonds is 9. The topological polar surface area (TPSA) is 11.4 Å². The molecule has 0 N–H and O–H groups in total. The molecule has 342 valence electrons. The Morgan fingerprint density at radius 1 is 0.274 bits per heavy atom. The minimum atomic E-state index is 1.06. The lowest BCUT2D eigenvalue weighted by molar-refractivity contribution is 1.16. The van der Waals surface area contributed by atoms with Crippen molar-refractivity contribution in [1.82, 2.24) is 4.57 Å². The monoisotopic (exact) mass is 929 g/mol. The van der Waals surface area contributed by atoms with E-state index in [-0.39, 0.29) is 0 Å². The second-order valence-electron chi connectivity index (χ2n) is 18.9. The number of nitrogens with zero attached hydrogens (tertiary/aromatic N) is 3. The highest BCUT2D eigenvalue weighted by Crippen LogP contribution is 2.54. The molecule has 0 fully saturated rings. The van der Waals surface area contributed by atoms with Gasteiger partial charge in [-0.2, -0.15) is 0 Å². The quantitative estimate of drug-likeness (QED) is 0.143. The van der Waals surface area contributed by atoms with Gasteiger partial charge in [0.05, 0.1) is 22.4 Å². The van der Waals surface area contributed by atoms with Gasteiger partial charge in [-0.15, -0.1) is 0 Å². The SMILES string of the molecule is c1ccc(C2=C(c3ccccc3)c3c(N(c4ccccc4)c4ccc5ccccc5c4)ccc4c5cc(-c6ccccc6)ccc5n(c34)-c3cc(N(c4ccccc4)c4ccc5ccccc5c4)ccc32)cc1. The van der Waals surface area contributed by atoms with E-state index in [2.05, 4.69) is 299 Å². The summed E-state index contributed by atoms with van der Waals surface area (Å²) in [4.78, 5) is 4.88. The summed E-state index contributed by atoms with van der Waals surface area (Å²) >= 11 is 0. The maximum Gasteiger partial charge on any atom is 0.0641 e. The molecule has 12 aromatic carbocycles. The summed E-state index contributed by atoms with van der Waals surface area (Å²) in [6.45, 7) is 0. The molecular weight excluding hydrogens is 883 g/mol. The molecule has 13 aromatic rings. The second kappa shape index (κ2) is 17.6. The lowest BCUT2D eigenvalue weighted by Crippen LogP contribution is -2.13. The van der Waals surface area contributed by atoms with Crippen LogP contribution in [0.15, 0.2) is 285 Å². The molecule has 0 radical (unpaired) electrons. The highest BCUT2D eigenvalue weighted by Gasteiger charge is 2.33. The lowest BCUT2D eigenvalue weighted by atomic mass is 9.84. The van der Waals surface area contributed by atoms with E-state index in [1.54, 1.807) is 0 Å². The molecule has 0 saturated carbocycles. The van der Waals surface area contributed by atoms with Crippen molar-refractivity contribution in [2.75, 3.05) is 9.80 Å². The molecule has 2 heterocycles. The van der Waals surface area contributed by atoms with Crippen LogP contribution >= 0.6 is 0 Å². The molecule has 3 heteroatoms. The van der Waals surface area contributed by atoms with Gasteiger partial charge in [-0.05, 0) is 128 Å². The zero-order valence-electron chi connectivity index (χ0n) is 40.0. The molecule has 0 atom stereocenters. The molecule has 1 aliphatic rings. The van der Waals surface area contributed by atoms with E-state index in [1.807, 2.05) is 0 Å². The average molecular weight is 930 g/mol. The molecule has 1 aliphatic heterocycles. The molecule has 1 aromatic heterocycles. The third kappa shape index (κ3) is 7.21. The highest BCUT2D eigenvalue weighted by molar-refractivity contribution is 6.22. The van der Waals surface area contributed by atoms with Crippen molar-refractivity contribution in [2.24, 2.45) is 0 Å². The van der Waals surface area contributed by atoms with E-state index in [9.17, 15) is 0 Å². The first-order chi connectivity index (χ1) is 36.2. The molecule has 0 spiro atoms. The molecule has 0 amide bonds. The predicted molar refractivity (Wildman–Crippen MR) is 308 cm³/mol. The zero-order chi connectivity index (χ0) is 48.2. The van der Waals surface area contributed by atoms with Gasteiger partial charge in [0.2, 0.25) is 0 Å². The van der Waals surface area contributed by atoms with Crippen LogP contribution in [-0.4, -0.2) is 4.57 Å². The summed E-state index contributed by atoms with van der Waals surface area (Å²) in [5, 5.41) is 7.19. The van der Waals surface area contributed by atoms with Crippen LogP contribution in [0.5, 0.6) is 0 Å². The number of para-hydroxylation sites is 2. The molecule has 73 heavy (non-hydrogen) atoms. The van der Waals surface area contributed by atoms with Gasteiger partial charge in [0.15, 0.2) is 0 Å². The molecule has 14 rings (SSSR count). The summed E-state index contributed by atoms with van der Waals surface area (Å²) < 4.78 is 2.59. The Bertz CT molecular complexity index is 4240. The van der Waals surface area contributed by atoms with Crippen LogP contribution in [0.2, 0.25) is 0 Å². The van der Waals surface area contributed by atoms with E-state index in [4.69, 9.17) is 0 Å². The Morgan fingerprint density at radius 2 is 0.753 bits per heavy atom. The average Bonchev–Trinajstić information content (AvgIpc) is 3.72. The summed E-state index contributed by atoms with van der Waals surface area (Å²) in [6, 6.07) is 104. The predicted octanol–water partition coefficient (Wildman–Crippen LogP) is 19.0. The Labute approximate surface area is 425 Å².